The van der Waals surface area contributed by atoms with Crippen LogP contribution in [0.25, 0.3) is 0 Å². The summed E-state index contributed by atoms with van der Waals surface area (Å²) in [5.74, 6) is -0.485. The number of ether oxygens (including phenoxy) is 1. The largest absolute Gasteiger partial charge is 0.465 e. The molecule has 0 aliphatic rings. The number of esters is 1. The summed E-state index contributed by atoms with van der Waals surface area (Å²) in [4.78, 5) is 21.8. The third-order valence-corrected chi connectivity index (χ3v) is 1.69. The van der Waals surface area contributed by atoms with Crippen molar-refractivity contribution in [2.24, 2.45) is 0 Å². The first-order valence-electron chi connectivity index (χ1n) is 5.03. The van der Waals surface area contributed by atoms with E-state index >= 15 is 0 Å². The first-order valence-corrected chi connectivity index (χ1v) is 5.03. The van der Waals surface area contributed by atoms with Crippen molar-refractivity contribution in [3.05, 3.63) is 12.2 Å². The van der Waals surface area contributed by atoms with Gasteiger partial charge in [-0.25, -0.2) is 0 Å². The van der Waals surface area contributed by atoms with Gasteiger partial charge in [0.25, 0.3) is 0 Å². The molecule has 0 radical (unpaired) electrons. The zero-order valence-corrected chi connectivity index (χ0v) is 8.91. The van der Waals surface area contributed by atoms with Crippen molar-refractivity contribution in [3.63, 3.8) is 0 Å². The second-order valence-electron chi connectivity index (χ2n) is 2.96. The van der Waals surface area contributed by atoms with Gasteiger partial charge in [-0.2, -0.15) is 0 Å². The van der Waals surface area contributed by atoms with Crippen LogP contribution in [0, 0.1) is 0 Å². The van der Waals surface area contributed by atoms with Gasteiger partial charge in [-0.05, 0) is 12.8 Å². The van der Waals surface area contributed by atoms with Crippen molar-refractivity contribution >= 4 is 11.8 Å². The van der Waals surface area contributed by atoms with Crippen LogP contribution >= 0.6 is 0 Å². The molecule has 0 aromatic rings. The van der Waals surface area contributed by atoms with Crippen molar-refractivity contribution in [3.8, 4) is 0 Å². The molecule has 0 spiro atoms. The summed E-state index contributed by atoms with van der Waals surface area (Å²) in [7, 11) is 0. The molecule has 0 saturated carbocycles. The van der Waals surface area contributed by atoms with Gasteiger partial charge in [0.15, 0.2) is 0 Å². The molecule has 0 aromatic carbocycles. The molecule has 0 amide bonds. The van der Waals surface area contributed by atoms with Crippen LogP contribution in [0.15, 0.2) is 12.2 Å². The average molecular weight is 198 g/mol. The van der Waals surface area contributed by atoms with Gasteiger partial charge in [0.1, 0.15) is 12.2 Å². The summed E-state index contributed by atoms with van der Waals surface area (Å²) in [5.41, 5.74) is 0. The van der Waals surface area contributed by atoms with Crippen molar-refractivity contribution < 1.29 is 14.3 Å². The van der Waals surface area contributed by atoms with Crippen molar-refractivity contribution in [1.82, 2.24) is 0 Å². The van der Waals surface area contributed by atoms with Gasteiger partial charge in [-0.3, -0.25) is 9.59 Å². The highest BCUT2D eigenvalue weighted by molar-refractivity contribution is 5.95. The molecule has 0 fully saturated rings. The normalized spacial score (nSPS) is 10.4. The minimum atomic E-state index is -0.415. The molecular weight excluding hydrogens is 180 g/mol. The van der Waals surface area contributed by atoms with E-state index in [9.17, 15) is 9.59 Å². The number of carbonyl (C=O) groups is 2. The number of rotatable bonds is 7. The Balaban J connectivity index is 3.45. The lowest BCUT2D eigenvalue weighted by Crippen LogP contribution is -2.10. The van der Waals surface area contributed by atoms with E-state index in [1.807, 2.05) is 19.1 Å². The molecule has 14 heavy (non-hydrogen) atoms. The highest BCUT2D eigenvalue weighted by Crippen LogP contribution is 1.94. The maximum Gasteiger partial charge on any atom is 0.313 e. The highest BCUT2D eigenvalue weighted by atomic mass is 16.5. The molecule has 80 valence electrons. The van der Waals surface area contributed by atoms with Crippen LogP contribution in [-0.2, 0) is 14.3 Å². The Morgan fingerprint density at radius 2 is 1.93 bits per heavy atom. The van der Waals surface area contributed by atoms with Gasteiger partial charge in [0.2, 0.25) is 0 Å². The first-order chi connectivity index (χ1) is 6.70. The second-order valence-corrected chi connectivity index (χ2v) is 2.96. The number of carbonyl (C=O) groups excluding carboxylic acids is 2. The van der Waals surface area contributed by atoms with Crippen LogP contribution < -0.4 is 0 Å². The summed E-state index contributed by atoms with van der Waals surface area (Å²) >= 11 is 0. The highest BCUT2D eigenvalue weighted by Gasteiger charge is 2.07. The predicted octanol–water partition coefficient (Wildman–Crippen LogP) is 2.26. The van der Waals surface area contributed by atoms with E-state index in [2.05, 4.69) is 0 Å². The van der Waals surface area contributed by atoms with Crippen LogP contribution in [0.4, 0.5) is 0 Å². The lowest BCUT2D eigenvalue weighted by Gasteiger charge is -2.00. The van der Waals surface area contributed by atoms with E-state index in [4.69, 9.17) is 4.74 Å². The maximum absolute atomic E-state index is 11.0. The summed E-state index contributed by atoms with van der Waals surface area (Å²) < 4.78 is 4.85. The topological polar surface area (TPSA) is 43.4 Å². The Bertz CT molecular complexity index is 207. The predicted molar refractivity (Wildman–Crippen MR) is 54.9 cm³/mol. The van der Waals surface area contributed by atoms with Crippen LogP contribution in [0.3, 0.4) is 0 Å². The average Bonchev–Trinajstić information content (AvgIpc) is 2.17. The molecule has 0 atom stereocenters. The summed E-state index contributed by atoms with van der Waals surface area (Å²) in [5, 5.41) is 0. The fourth-order valence-corrected chi connectivity index (χ4v) is 0.862. The van der Waals surface area contributed by atoms with Crippen molar-refractivity contribution in [2.45, 2.75) is 39.5 Å². The molecule has 0 N–H and O–H groups in total. The minimum absolute atomic E-state index is 0.0703. The Morgan fingerprint density at radius 3 is 2.50 bits per heavy atom. The summed E-state index contributed by atoms with van der Waals surface area (Å²) in [6.45, 7) is 4.15. The van der Waals surface area contributed by atoms with Gasteiger partial charge in [0, 0.05) is 6.42 Å². The summed E-state index contributed by atoms with van der Waals surface area (Å²) in [6.07, 6.45) is 6.00. The Labute approximate surface area is 85.1 Å². The number of ketones is 1. The lowest BCUT2D eigenvalue weighted by atomic mass is 10.2. The minimum Gasteiger partial charge on any atom is -0.465 e. The molecule has 3 heteroatoms. The lowest BCUT2D eigenvalue weighted by molar-refractivity contribution is -0.145. The second kappa shape index (κ2) is 8.48. The summed E-state index contributed by atoms with van der Waals surface area (Å²) in [6, 6.07) is 0. The fraction of sp³-hybridized carbons (Fsp3) is 0.636. The number of allylic oxidation sites excluding steroid dienone is 1. The molecule has 0 aliphatic heterocycles. The van der Waals surface area contributed by atoms with Crippen LogP contribution in [0.5, 0.6) is 0 Å². The molecule has 0 saturated heterocycles. The quantitative estimate of drug-likeness (QED) is 0.273. The number of hydrogen-bond acceptors (Lipinski definition) is 3. The van der Waals surface area contributed by atoms with E-state index < -0.39 is 5.97 Å². The molecule has 0 aliphatic carbocycles. The molecule has 0 unspecified atom stereocenters. The van der Waals surface area contributed by atoms with E-state index in [0.29, 0.717) is 13.0 Å². The molecular formula is C11H18O3. The van der Waals surface area contributed by atoms with Gasteiger partial charge in [0.05, 0.1) is 6.61 Å². The standard InChI is InChI=1S/C11H18O3/c1-3-5-6-7-8-14-11(13)9-10(12)4-2/h5-6H,3-4,7-9H2,1-2H3/b6-5-. The first kappa shape index (κ1) is 12.9. The Morgan fingerprint density at radius 1 is 1.21 bits per heavy atom. The maximum atomic E-state index is 11.0. The Hall–Kier alpha value is -1.12. The third kappa shape index (κ3) is 7.53. The molecule has 0 heterocycles. The van der Waals surface area contributed by atoms with Gasteiger partial charge in [-0.15, -0.1) is 0 Å². The van der Waals surface area contributed by atoms with Crippen molar-refractivity contribution in [1.29, 1.82) is 0 Å². The van der Waals surface area contributed by atoms with Crippen LogP contribution in [0.2, 0.25) is 0 Å². The van der Waals surface area contributed by atoms with E-state index in [1.165, 1.54) is 0 Å². The van der Waals surface area contributed by atoms with E-state index in [1.54, 1.807) is 6.92 Å². The van der Waals surface area contributed by atoms with E-state index in [-0.39, 0.29) is 12.2 Å². The molecule has 0 rings (SSSR count). The number of hydrogen-bond donors (Lipinski definition) is 0. The molecule has 0 bridgehead atoms. The van der Waals surface area contributed by atoms with Crippen LogP contribution in [-0.4, -0.2) is 18.4 Å². The third-order valence-electron chi connectivity index (χ3n) is 1.69. The molecule has 3 nitrogen and oxygen atoms in total. The zero-order valence-electron chi connectivity index (χ0n) is 8.91. The SMILES string of the molecule is CC/C=C\CCOC(=O)CC(=O)CC. The van der Waals surface area contributed by atoms with Crippen molar-refractivity contribution in [2.75, 3.05) is 6.61 Å². The van der Waals surface area contributed by atoms with Crippen LogP contribution in [0.1, 0.15) is 39.5 Å². The smallest absolute Gasteiger partial charge is 0.313 e. The van der Waals surface area contributed by atoms with Gasteiger partial charge < -0.3 is 4.74 Å². The zero-order chi connectivity index (χ0) is 10.8. The molecule has 0 aromatic heterocycles. The van der Waals surface area contributed by atoms with E-state index in [0.717, 1.165) is 12.8 Å². The Kier molecular flexibility index (Phi) is 7.80. The van der Waals surface area contributed by atoms with Gasteiger partial charge >= 0.3 is 5.97 Å². The fourth-order valence-electron chi connectivity index (χ4n) is 0.862. The van der Waals surface area contributed by atoms with Gasteiger partial charge in [-0.1, -0.05) is 26.0 Å². The monoisotopic (exact) mass is 198 g/mol. The number of Topliss-reactive ketones (excluding diaryl/α,β-unsaturated/α-hetero) is 1.